The lowest BCUT2D eigenvalue weighted by Gasteiger charge is -2.17. The van der Waals surface area contributed by atoms with Crippen molar-refractivity contribution in [2.75, 3.05) is 5.75 Å². The fourth-order valence-corrected chi connectivity index (χ4v) is 4.18. The topological polar surface area (TPSA) is 114 Å². The molecule has 0 bridgehead atoms. The summed E-state index contributed by atoms with van der Waals surface area (Å²) in [7, 11) is -3.41. The number of benzene rings is 1. The Labute approximate surface area is 150 Å². The summed E-state index contributed by atoms with van der Waals surface area (Å²) in [6, 6.07) is 9.58. The Hall–Kier alpha value is -2.52. The van der Waals surface area contributed by atoms with E-state index < -0.39 is 26.9 Å². The van der Waals surface area contributed by atoms with Crippen molar-refractivity contribution in [2.24, 2.45) is 0 Å². The van der Waals surface area contributed by atoms with Gasteiger partial charge in [0.05, 0.1) is 11.3 Å². The van der Waals surface area contributed by atoms with Gasteiger partial charge in [0.15, 0.2) is 0 Å². The molecule has 0 unspecified atom stereocenters. The summed E-state index contributed by atoms with van der Waals surface area (Å²) in [5, 5.41) is 0. The molecule has 0 spiro atoms. The van der Waals surface area contributed by atoms with Crippen LogP contribution in [0.15, 0.2) is 58.4 Å². The molecule has 2 N–H and O–H groups in total. The number of aromatic nitrogens is 3. The van der Waals surface area contributed by atoms with Gasteiger partial charge in [0.1, 0.15) is 6.33 Å². The molecule has 0 radical (unpaired) electrons. The van der Waals surface area contributed by atoms with Gasteiger partial charge in [-0.1, -0.05) is 42.5 Å². The average Bonchev–Trinajstić information content (AvgIpc) is 3.37. The summed E-state index contributed by atoms with van der Waals surface area (Å²) in [6.07, 6.45) is 6.44. The third-order valence-corrected chi connectivity index (χ3v) is 5.71. The molecule has 0 atom stereocenters. The molecule has 3 rings (SSSR count). The van der Waals surface area contributed by atoms with Crippen molar-refractivity contribution in [3.63, 3.8) is 0 Å². The molecular weight excluding hydrogens is 356 g/mol. The lowest BCUT2D eigenvalue weighted by Crippen LogP contribution is -2.36. The molecule has 26 heavy (non-hydrogen) atoms. The zero-order chi connectivity index (χ0) is 18.6. The van der Waals surface area contributed by atoms with E-state index in [1.165, 1.54) is 4.57 Å². The molecule has 0 saturated heterocycles. The molecule has 1 aliphatic rings. The summed E-state index contributed by atoms with van der Waals surface area (Å²) in [5.41, 5.74) is -0.718. The van der Waals surface area contributed by atoms with Crippen LogP contribution in [0.25, 0.3) is 0 Å². The van der Waals surface area contributed by atoms with E-state index in [2.05, 4.69) is 14.7 Å². The van der Waals surface area contributed by atoms with Crippen LogP contribution < -0.4 is 16.1 Å². The Morgan fingerprint density at radius 1 is 1.19 bits per heavy atom. The van der Waals surface area contributed by atoms with Crippen molar-refractivity contribution in [1.29, 1.82) is 0 Å². The van der Waals surface area contributed by atoms with Crippen LogP contribution in [-0.2, 0) is 22.1 Å². The standard InChI is InChI=1S/C17H20N4O4S/c22-15-18-13-21(16(23)19-15)11-5-2-6-12-26(24,25)20-17(9-10-17)14-7-3-1-4-8-14/h1-5,7-8,13,20H,6,9-12H2,(H,19,22,23)/b5-2+. The minimum atomic E-state index is -3.41. The number of nitrogens with zero attached hydrogens (tertiary/aromatic N) is 2. The van der Waals surface area contributed by atoms with Gasteiger partial charge >= 0.3 is 11.4 Å². The highest BCUT2D eigenvalue weighted by Crippen LogP contribution is 2.45. The maximum atomic E-state index is 12.3. The second kappa shape index (κ2) is 7.38. The third kappa shape index (κ3) is 4.55. The molecule has 0 amide bonds. The van der Waals surface area contributed by atoms with E-state index in [1.807, 2.05) is 30.3 Å². The molecule has 8 nitrogen and oxygen atoms in total. The first-order chi connectivity index (χ1) is 12.4. The van der Waals surface area contributed by atoms with Gasteiger partial charge in [0.25, 0.3) is 0 Å². The minimum Gasteiger partial charge on any atom is -0.280 e. The molecule has 138 valence electrons. The van der Waals surface area contributed by atoms with Crippen LogP contribution in [0.4, 0.5) is 0 Å². The first kappa shape index (κ1) is 18.3. The van der Waals surface area contributed by atoms with Crippen molar-refractivity contribution in [3.8, 4) is 0 Å². The van der Waals surface area contributed by atoms with Crippen LogP contribution in [0.2, 0.25) is 0 Å². The SMILES string of the molecule is O=c1ncn(C/C=C/CCS(=O)(=O)NC2(c3ccccc3)CC2)c(=O)[nH]1. The van der Waals surface area contributed by atoms with Crippen LogP contribution in [0.1, 0.15) is 24.8 Å². The number of nitrogens with one attached hydrogen (secondary N) is 2. The summed E-state index contributed by atoms with van der Waals surface area (Å²) in [5.74, 6) is -0.0309. The summed E-state index contributed by atoms with van der Waals surface area (Å²) < 4.78 is 28.7. The van der Waals surface area contributed by atoms with Crippen LogP contribution in [0.5, 0.6) is 0 Å². The fraction of sp³-hybridized carbons (Fsp3) is 0.353. The molecule has 1 saturated carbocycles. The molecule has 1 aromatic carbocycles. The molecular formula is C17H20N4O4S. The van der Waals surface area contributed by atoms with E-state index in [9.17, 15) is 18.0 Å². The van der Waals surface area contributed by atoms with E-state index in [-0.39, 0.29) is 12.3 Å². The number of sulfonamides is 1. The molecule has 2 aromatic rings. The van der Waals surface area contributed by atoms with E-state index in [1.54, 1.807) is 12.2 Å². The van der Waals surface area contributed by atoms with E-state index in [0.717, 1.165) is 24.7 Å². The van der Waals surface area contributed by atoms with Gasteiger partial charge in [-0.05, 0) is 24.8 Å². The highest BCUT2D eigenvalue weighted by molar-refractivity contribution is 7.89. The lowest BCUT2D eigenvalue weighted by atomic mass is 10.1. The zero-order valence-electron chi connectivity index (χ0n) is 14.1. The fourth-order valence-electron chi connectivity index (χ4n) is 2.71. The van der Waals surface area contributed by atoms with Gasteiger partial charge in [-0.3, -0.25) is 9.55 Å². The maximum absolute atomic E-state index is 12.3. The third-order valence-electron chi connectivity index (χ3n) is 4.24. The average molecular weight is 376 g/mol. The highest BCUT2D eigenvalue weighted by atomic mass is 32.2. The molecule has 1 heterocycles. The number of hydrogen-bond donors (Lipinski definition) is 2. The molecule has 9 heteroatoms. The van der Waals surface area contributed by atoms with Gasteiger partial charge in [0, 0.05) is 6.54 Å². The van der Waals surface area contributed by atoms with Crippen LogP contribution in [-0.4, -0.2) is 28.7 Å². The second-order valence-electron chi connectivity index (χ2n) is 6.26. The Morgan fingerprint density at radius 3 is 2.58 bits per heavy atom. The first-order valence-corrected chi connectivity index (χ1v) is 9.93. The molecule has 1 aliphatic carbocycles. The Kier molecular flexibility index (Phi) is 5.19. The molecule has 1 fully saturated rings. The van der Waals surface area contributed by atoms with E-state index >= 15 is 0 Å². The summed E-state index contributed by atoms with van der Waals surface area (Å²) in [6.45, 7) is 0.212. The minimum absolute atomic E-state index is 0.0309. The number of rotatable bonds is 8. The predicted octanol–water partition coefficient (Wildman–Crippen LogP) is 0.487. The number of aromatic amines is 1. The number of allylic oxidation sites excluding steroid dienone is 2. The molecule has 1 aromatic heterocycles. The number of hydrogen-bond acceptors (Lipinski definition) is 5. The Bertz CT molecular complexity index is 1000. The van der Waals surface area contributed by atoms with E-state index in [0.29, 0.717) is 6.42 Å². The van der Waals surface area contributed by atoms with E-state index in [4.69, 9.17) is 0 Å². The van der Waals surface area contributed by atoms with Gasteiger partial charge in [0.2, 0.25) is 10.0 Å². The van der Waals surface area contributed by atoms with Crippen LogP contribution in [0.3, 0.4) is 0 Å². The van der Waals surface area contributed by atoms with Gasteiger partial charge in [-0.2, -0.15) is 4.98 Å². The van der Waals surface area contributed by atoms with Gasteiger partial charge in [-0.15, -0.1) is 0 Å². The van der Waals surface area contributed by atoms with Crippen LogP contribution in [0, 0.1) is 0 Å². The van der Waals surface area contributed by atoms with Gasteiger partial charge < -0.3 is 0 Å². The largest absolute Gasteiger partial charge is 0.350 e. The molecule has 0 aliphatic heterocycles. The maximum Gasteiger partial charge on any atom is 0.350 e. The van der Waals surface area contributed by atoms with Crippen LogP contribution >= 0.6 is 0 Å². The van der Waals surface area contributed by atoms with Crippen molar-refractivity contribution in [2.45, 2.75) is 31.3 Å². The van der Waals surface area contributed by atoms with Gasteiger partial charge in [-0.25, -0.2) is 22.7 Å². The number of H-pyrrole nitrogens is 1. The zero-order valence-corrected chi connectivity index (χ0v) is 14.9. The summed E-state index contributed by atoms with van der Waals surface area (Å²) >= 11 is 0. The second-order valence-corrected chi connectivity index (χ2v) is 8.10. The normalized spacial score (nSPS) is 16.0. The first-order valence-electron chi connectivity index (χ1n) is 8.28. The Balaban J connectivity index is 1.52. The van der Waals surface area contributed by atoms with Crippen molar-refractivity contribution in [3.05, 3.63) is 75.3 Å². The van der Waals surface area contributed by atoms with Crippen molar-refractivity contribution < 1.29 is 8.42 Å². The Morgan fingerprint density at radius 2 is 1.92 bits per heavy atom. The van der Waals surface area contributed by atoms with Crippen molar-refractivity contribution in [1.82, 2.24) is 19.3 Å². The smallest absolute Gasteiger partial charge is 0.280 e. The predicted molar refractivity (Wildman–Crippen MR) is 97.2 cm³/mol. The highest BCUT2D eigenvalue weighted by Gasteiger charge is 2.46. The lowest BCUT2D eigenvalue weighted by molar-refractivity contribution is 0.551. The van der Waals surface area contributed by atoms with Crippen molar-refractivity contribution >= 4 is 10.0 Å². The monoisotopic (exact) mass is 376 g/mol. The summed E-state index contributed by atoms with van der Waals surface area (Å²) in [4.78, 5) is 27.9. The quantitative estimate of drug-likeness (QED) is 0.651.